The Morgan fingerprint density at radius 3 is 2.77 bits per heavy atom. The highest BCUT2D eigenvalue weighted by Gasteiger charge is 2.17. The summed E-state index contributed by atoms with van der Waals surface area (Å²) < 4.78 is 5.15. The number of hydrogen-bond acceptors (Lipinski definition) is 4. The van der Waals surface area contributed by atoms with E-state index in [1.165, 1.54) is 0 Å². The molecule has 0 atom stereocenters. The van der Waals surface area contributed by atoms with Gasteiger partial charge in [0.2, 0.25) is 5.88 Å². The molecule has 1 aromatic rings. The van der Waals surface area contributed by atoms with Crippen molar-refractivity contribution in [2.75, 3.05) is 7.11 Å². The fourth-order valence-corrected chi connectivity index (χ4v) is 1.42. The monoisotopic (exact) mass is 201 g/mol. The summed E-state index contributed by atoms with van der Waals surface area (Å²) in [4.78, 5) is 8.50. The molecule has 0 radical (unpaired) electrons. The molecule has 0 fully saturated rings. The van der Waals surface area contributed by atoms with Gasteiger partial charge in [-0.15, -0.1) is 12.4 Å². The molecule has 4 nitrogen and oxygen atoms in total. The molecule has 0 saturated carbocycles. The van der Waals surface area contributed by atoms with Gasteiger partial charge in [-0.05, 0) is 6.92 Å². The van der Waals surface area contributed by atoms with Gasteiger partial charge in [0.1, 0.15) is 5.82 Å². The maximum Gasteiger partial charge on any atom is 0.221 e. The Labute approximate surface area is 83.1 Å². The number of rotatable bonds is 1. The Morgan fingerprint density at radius 2 is 2.08 bits per heavy atom. The number of fused-ring (bicyclic) bond motifs is 1. The van der Waals surface area contributed by atoms with Crippen molar-refractivity contribution in [2.24, 2.45) is 0 Å². The largest absolute Gasteiger partial charge is 0.481 e. The summed E-state index contributed by atoms with van der Waals surface area (Å²) in [6.07, 6.45) is 0. The second kappa shape index (κ2) is 3.89. The molecule has 0 bridgehead atoms. The average Bonchev–Trinajstić information content (AvgIpc) is 2.50. The highest BCUT2D eigenvalue weighted by atomic mass is 35.5. The highest BCUT2D eigenvalue weighted by molar-refractivity contribution is 5.85. The van der Waals surface area contributed by atoms with Crippen LogP contribution in [0, 0.1) is 6.92 Å². The number of aromatic nitrogens is 2. The third-order valence-electron chi connectivity index (χ3n) is 1.95. The van der Waals surface area contributed by atoms with E-state index in [9.17, 15) is 0 Å². The second-order valence-corrected chi connectivity index (χ2v) is 2.81. The van der Waals surface area contributed by atoms with Crippen LogP contribution in [0.5, 0.6) is 5.88 Å². The molecule has 1 N–H and O–H groups in total. The Morgan fingerprint density at radius 1 is 1.31 bits per heavy atom. The molecule has 2 heterocycles. The molecule has 13 heavy (non-hydrogen) atoms. The van der Waals surface area contributed by atoms with Crippen LogP contribution >= 0.6 is 12.4 Å². The van der Waals surface area contributed by atoms with Crippen LogP contribution in [0.15, 0.2) is 0 Å². The van der Waals surface area contributed by atoms with E-state index in [1.54, 1.807) is 7.11 Å². The maximum atomic E-state index is 5.15. The Balaban J connectivity index is 0.000000845. The zero-order chi connectivity index (χ0) is 8.55. The van der Waals surface area contributed by atoms with Crippen molar-refractivity contribution in [3.05, 3.63) is 17.1 Å². The van der Waals surface area contributed by atoms with Gasteiger partial charge in [-0.3, -0.25) is 0 Å². The summed E-state index contributed by atoms with van der Waals surface area (Å²) in [5.74, 6) is 1.48. The third kappa shape index (κ3) is 1.73. The minimum absolute atomic E-state index is 0. The first kappa shape index (κ1) is 10.2. The fourth-order valence-electron chi connectivity index (χ4n) is 1.42. The summed E-state index contributed by atoms with van der Waals surface area (Å²) in [7, 11) is 1.64. The predicted molar refractivity (Wildman–Crippen MR) is 51.1 cm³/mol. The SMILES string of the molecule is COc1nc(C)nc2c1CNC2.Cl. The van der Waals surface area contributed by atoms with Gasteiger partial charge in [-0.25, -0.2) is 4.98 Å². The summed E-state index contributed by atoms with van der Waals surface area (Å²) in [6.45, 7) is 3.52. The Bertz CT molecular complexity index is 317. The molecule has 1 aliphatic rings. The molecule has 0 unspecified atom stereocenters. The van der Waals surface area contributed by atoms with Crippen LogP contribution in [0.3, 0.4) is 0 Å². The van der Waals surface area contributed by atoms with Crippen LogP contribution < -0.4 is 10.1 Å². The number of ether oxygens (including phenoxy) is 1. The first-order valence-electron chi connectivity index (χ1n) is 3.92. The summed E-state index contributed by atoms with van der Waals surface area (Å²) in [6, 6.07) is 0. The lowest BCUT2D eigenvalue weighted by atomic mass is 10.2. The summed E-state index contributed by atoms with van der Waals surface area (Å²) >= 11 is 0. The topological polar surface area (TPSA) is 47.0 Å². The van der Waals surface area contributed by atoms with Crippen LogP contribution in [0.1, 0.15) is 17.1 Å². The van der Waals surface area contributed by atoms with Crippen molar-refractivity contribution in [3.63, 3.8) is 0 Å². The van der Waals surface area contributed by atoms with E-state index >= 15 is 0 Å². The number of nitrogens with one attached hydrogen (secondary N) is 1. The minimum Gasteiger partial charge on any atom is -0.481 e. The molecule has 5 heteroatoms. The van der Waals surface area contributed by atoms with E-state index in [0.29, 0.717) is 5.88 Å². The van der Waals surface area contributed by atoms with E-state index in [-0.39, 0.29) is 12.4 Å². The molecule has 0 aromatic carbocycles. The average molecular weight is 202 g/mol. The number of nitrogens with zero attached hydrogens (tertiary/aromatic N) is 2. The van der Waals surface area contributed by atoms with Gasteiger partial charge in [0.25, 0.3) is 0 Å². The third-order valence-corrected chi connectivity index (χ3v) is 1.95. The second-order valence-electron chi connectivity index (χ2n) is 2.81. The van der Waals surface area contributed by atoms with Crippen LogP contribution in [0.4, 0.5) is 0 Å². The smallest absolute Gasteiger partial charge is 0.221 e. The van der Waals surface area contributed by atoms with Crippen molar-refractivity contribution >= 4 is 12.4 Å². The number of aryl methyl sites for hydroxylation is 1. The van der Waals surface area contributed by atoms with E-state index < -0.39 is 0 Å². The van der Waals surface area contributed by atoms with Crippen LogP contribution in [-0.2, 0) is 13.1 Å². The van der Waals surface area contributed by atoms with Gasteiger partial charge < -0.3 is 10.1 Å². The van der Waals surface area contributed by atoms with Crippen LogP contribution in [0.25, 0.3) is 0 Å². The molecule has 0 saturated heterocycles. The Kier molecular flexibility index (Phi) is 3.06. The molecule has 0 aliphatic carbocycles. The molecule has 1 aliphatic heterocycles. The van der Waals surface area contributed by atoms with Crippen LogP contribution in [0.2, 0.25) is 0 Å². The Hall–Kier alpha value is -0.870. The normalized spacial score (nSPS) is 13.4. The van der Waals surface area contributed by atoms with Gasteiger partial charge in [0.15, 0.2) is 0 Å². The van der Waals surface area contributed by atoms with Gasteiger partial charge in [-0.2, -0.15) is 4.98 Å². The van der Waals surface area contributed by atoms with E-state index in [4.69, 9.17) is 4.74 Å². The zero-order valence-corrected chi connectivity index (χ0v) is 8.44. The zero-order valence-electron chi connectivity index (χ0n) is 7.63. The lowest BCUT2D eigenvalue weighted by Crippen LogP contribution is -2.00. The molecule has 0 amide bonds. The lowest BCUT2D eigenvalue weighted by molar-refractivity contribution is 0.390. The summed E-state index contributed by atoms with van der Waals surface area (Å²) in [5.41, 5.74) is 2.17. The van der Waals surface area contributed by atoms with Gasteiger partial charge in [-0.1, -0.05) is 0 Å². The predicted octanol–water partition coefficient (Wildman–Crippen LogP) is 0.819. The van der Waals surface area contributed by atoms with Crippen molar-refractivity contribution < 1.29 is 4.74 Å². The van der Waals surface area contributed by atoms with Gasteiger partial charge >= 0.3 is 0 Å². The van der Waals surface area contributed by atoms with Crippen molar-refractivity contribution in [3.8, 4) is 5.88 Å². The minimum atomic E-state index is 0. The van der Waals surface area contributed by atoms with E-state index in [2.05, 4.69) is 15.3 Å². The van der Waals surface area contributed by atoms with Gasteiger partial charge in [0.05, 0.1) is 18.4 Å². The number of hydrogen-bond donors (Lipinski definition) is 1. The first-order chi connectivity index (χ1) is 5.81. The summed E-state index contributed by atoms with van der Waals surface area (Å²) in [5, 5.41) is 3.21. The number of methoxy groups -OCH3 is 1. The lowest BCUT2D eigenvalue weighted by Gasteiger charge is -2.04. The molecular weight excluding hydrogens is 190 g/mol. The molecular formula is C8H12ClN3O. The van der Waals surface area contributed by atoms with E-state index in [1.807, 2.05) is 6.92 Å². The van der Waals surface area contributed by atoms with Crippen molar-refractivity contribution in [1.29, 1.82) is 0 Å². The fraction of sp³-hybridized carbons (Fsp3) is 0.500. The quantitative estimate of drug-likeness (QED) is 0.731. The van der Waals surface area contributed by atoms with Crippen LogP contribution in [-0.4, -0.2) is 17.1 Å². The highest BCUT2D eigenvalue weighted by Crippen LogP contribution is 2.22. The molecule has 0 spiro atoms. The molecule has 1 aromatic heterocycles. The standard InChI is InChI=1S/C8H11N3O.ClH/c1-5-10-7-4-9-3-6(7)8(11-5)12-2;/h9H,3-4H2,1-2H3;1H. The van der Waals surface area contributed by atoms with Crippen molar-refractivity contribution in [2.45, 2.75) is 20.0 Å². The molecule has 2 rings (SSSR count). The maximum absolute atomic E-state index is 5.15. The number of halogens is 1. The van der Waals surface area contributed by atoms with Gasteiger partial charge in [0, 0.05) is 13.1 Å². The molecule has 72 valence electrons. The first-order valence-corrected chi connectivity index (χ1v) is 3.92. The van der Waals surface area contributed by atoms with E-state index in [0.717, 1.165) is 30.2 Å². The van der Waals surface area contributed by atoms with Crippen molar-refractivity contribution in [1.82, 2.24) is 15.3 Å².